The molecule has 0 atom stereocenters. The molecule has 1 N–H and O–H groups in total. The number of benzene rings is 2. The molecule has 4 heterocycles. The van der Waals surface area contributed by atoms with Crippen LogP contribution in [0.4, 0.5) is 4.39 Å². The molecule has 9 heteroatoms. The lowest BCUT2D eigenvalue weighted by atomic mass is 10.1. The van der Waals surface area contributed by atoms with Gasteiger partial charge in [-0.05, 0) is 35.7 Å². The normalized spacial score (nSPS) is 11.7. The summed E-state index contributed by atoms with van der Waals surface area (Å²) in [6, 6.07) is 14.1. The first-order valence-corrected chi connectivity index (χ1v) is 10.1. The summed E-state index contributed by atoms with van der Waals surface area (Å²) in [6.45, 7) is 0.462. The maximum atomic E-state index is 13.3. The van der Waals surface area contributed by atoms with Crippen LogP contribution < -0.4 is 5.56 Å². The Morgan fingerprint density at radius 1 is 1.00 bits per heavy atom. The minimum Gasteiger partial charge on any atom is -0.361 e. The minimum atomic E-state index is -0.323. The van der Waals surface area contributed by atoms with Crippen LogP contribution in [0.5, 0.6) is 0 Å². The summed E-state index contributed by atoms with van der Waals surface area (Å²) in [5, 5.41) is 13.9. The molecule has 0 saturated carbocycles. The number of halogens is 1. The van der Waals surface area contributed by atoms with E-state index < -0.39 is 0 Å². The second-order valence-corrected chi connectivity index (χ2v) is 7.53. The predicted octanol–water partition coefficient (Wildman–Crippen LogP) is 3.36. The van der Waals surface area contributed by atoms with Gasteiger partial charge in [0.2, 0.25) is 0 Å². The maximum Gasteiger partial charge on any atom is 0.283 e. The van der Waals surface area contributed by atoms with Crippen LogP contribution in [0.1, 0.15) is 5.56 Å². The minimum absolute atomic E-state index is 0.146. The summed E-state index contributed by atoms with van der Waals surface area (Å²) in [7, 11) is 0. The predicted molar refractivity (Wildman–Crippen MR) is 118 cm³/mol. The molecule has 6 aromatic rings. The van der Waals surface area contributed by atoms with E-state index in [9.17, 15) is 9.18 Å². The van der Waals surface area contributed by atoms with Crippen LogP contribution in [-0.2, 0) is 13.0 Å². The van der Waals surface area contributed by atoms with Crippen LogP contribution in [-0.4, -0.2) is 34.3 Å². The van der Waals surface area contributed by atoms with E-state index in [4.69, 9.17) is 0 Å². The Kier molecular flexibility index (Phi) is 4.07. The average Bonchev–Trinajstić information content (AvgIpc) is 3.44. The van der Waals surface area contributed by atoms with Gasteiger partial charge in [-0.15, -0.1) is 10.2 Å². The molecule has 0 bridgehead atoms. The van der Waals surface area contributed by atoms with Gasteiger partial charge in [0.1, 0.15) is 12.1 Å². The van der Waals surface area contributed by atoms with E-state index >= 15 is 0 Å². The van der Waals surface area contributed by atoms with Crippen molar-refractivity contribution in [2.45, 2.75) is 13.0 Å². The first-order chi connectivity index (χ1) is 15.7. The molecule has 2 aromatic carbocycles. The van der Waals surface area contributed by atoms with E-state index in [0.29, 0.717) is 29.8 Å². The van der Waals surface area contributed by atoms with E-state index in [1.54, 1.807) is 18.3 Å². The van der Waals surface area contributed by atoms with Crippen molar-refractivity contribution in [1.82, 2.24) is 34.3 Å². The largest absolute Gasteiger partial charge is 0.361 e. The third-order valence-corrected chi connectivity index (χ3v) is 5.64. The maximum absolute atomic E-state index is 13.3. The highest BCUT2D eigenvalue weighted by molar-refractivity contribution is 5.83. The van der Waals surface area contributed by atoms with Gasteiger partial charge in [-0.1, -0.05) is 30.3 Å². The molecule has 0 aliphatic rings. The Morgan fingerprint density at radius 2 is 1.84 bits per heavy atom. The van der Waals surface area contributed by atoms with Gasteiger partial charge in [0, 0.05) is 29.2 Å². The first-order valence-electron chi connectivity index (χ1n) is 10.1. The average molecular weight is 425 g/mol. The van der Waals surface area contributed by atoms with E-state index in [0.717, 1.165) is 22.0 Å². The summed E-state index contributed by atoms with van der Waals surface area (Å²) < 4.78 is 16.3. The molecule has 0 radical (unpaired) electrons. The second kappa shape index (κ2) is 7.09. The molecule has 0 aliphatic carbocycles. The van der Waals surface area contributed by atoms with Crippen LogP contribution in [0, 0.1) is 5.82 Å². The van der Waals surface area contributed by atoms with Crippen LogP contribution in [0.2, 0.25) is 0 Å². The number of hydrogen-bond donors (Lipinski definition) is 1. The van der Waals surface area contributed by atoms with Gasteiger partial charge in [0.25, 0.3) is 5.56 Å². The van der Waals surface area contributed by atoms with Crippen molar-refractivity contribution in [3.63, 3.8) is 0 Å². The Morgan fingerprint density at radius 3 is 2.72 bits per heavy atom. The summed E-state index contributed by atoms with van der Waals surface area (Å²) >= 11 is 0. The summed E-state index contributed by atoms with van der Waals surface area (Å²) in [6.07, 6.45) is 5.76. The van der Waals surface area contributed by atoms with Crippen LogP contribution in [0.15, 0.2) is 72.0 Å². The van der Waals surface area contributed by atoms with Gasteiger partial charge in [0.15, 0.2) is 16.8 Å². The molecule has 4 aromatic heterocycles. The lowest BCUT2D eigenvalue weighted by molar-refractivity contribution is 0.628. The Bertz CT molecular complexity index is 1660. The number of rotatable bonds is 4. The smallest absolute Gasteiger partial charge is 0.283 e. The highest BCUT2D eigenvalue weighted by atomic mass is 19.1. The number of fused-ring (bicyclic) bond motifs is 4. The number of H-pyrrole nitrogens is 1. The monoisotopic (exact) mass is 425 g/mol. The summed E-state index contributed by atoms with van der Waals surface area (Å²) in [5.41, 5.74) is 4.28. The molecule has 0 unspecified atom stereocenters. The van der Waals surface area contributed by atoms with Gasteiger partial charge >= 0.3 is 0 Å². The lowest BCUT2D eigenvalue weighted by Crippen LogP contribution is -2.23. The molecular weight excluding hydrogens is 409 g/mol. The number of hydrogen-bond acceptors (Lipinski definition) is 5. The quantitative estimate of drug-likeness (QED) is 0.467. The molecular formula is C23H16FN7O. The van der Waals surface area contributed by atoms with Gasteiger partial charge in [-0.25, -0.2) is 9.37 Å². The van der Waals surface area contributed by atoms with Gasteiger partial charge in [-0.3, -0.25) is 9.36 Å². The van der Waals surface area contributed by atoms with Crippen molar-refractivity contribution in [3.8, 4) is 11.1 Å². The second-order valence-electron chi connectivity index (χ2n) is 7.53. The third kappa shape index (κ3) is 2.86. The molecule has 6 rings (SSSR count). The van der Waals surface area contributed by atoms with Crippen LogP contribution >= 0.6 is 0 Å². The SMILES string of the molecule is O=c1c2nnc3c(-c4ccc(F)cc4)cnn3c2ncn1CCc1c[nH]c2ccccc12. The zero-order chi connectivity index (χ0) is 21.7. The van der Waals surface area contributed by atoms with Crippen molar-refractivity contribution in [2.75, 3.05) is 0 Å². The molecule has 0 aliphatic heterocycles. The Hall–Kier alpha value is -4.40. The number of nitrogens with zero attached hydrogens (tertiary/aromatic N) is 6. The van der Waals surface area contributed by atoms with Crippen molar-refractivity contribution in [1.29, 1.82) is 0 Å². The Balaban J connectivity index is 1.37. The number of aromatic amines is 1. The van der Waals surface area contributed by atoms with Gasteiger partial charge in [-0.2, -0.15) is 9.61 Å². The number of para-hydroxylation sites is 1. The van der Waals surface area contributed by atoms with E-state index in [2.05, 4.69) is 31.3 Å². The molecule has 156 valence electrons. The molecule has 0 saturated heterocycles. The molecule has 0 amide bonds. The summed E-state index contributed by atoms with van der Waals surface area (Å²) in [4.78, 5) is 20.7. The highest BCUT2D eigenvalue weighted by Gasteiger charge is 2.15. The third-order valence-electron chi connectivity index (χ3n) is 5.64. The lowest BCUT2D eigenvalue weighted by Gasteiger charge is -2.06. The van der Waals surface area contributed by atoms with Crippen molar-refractivity contribution in [2.24, 2.45) is 0 Å². The standard InChI is InChI=1S/C23H16FN7O/c24-16-7-5-14(6-8-16)18-12-27-31-21(18)29-28-20-22(31)26-13-30(23(20)32)10-9-15-11-25-19-4-2-1-3-17(15)19/h1-8,11-13,25H,9-10H2. The van der Waals surface area contributed by atoms with Crippen molar-refractivity contribution < 1.29 is 4.39 Å². The topological polar surface area (TPSA) is 93.8 Å². The molecule has 8 nitrogen and oxygen atoms in total. The fourth-order valence-electron chi connectivity index (χ4n) is 3.97. The molecule has 32 heavy (non-hydrogen) atoms. The highest BCUT2D eigenvalue weighted by Crippen LogP contribution is 2.24. The van der Waals surface area contributed by atoms with Gasteiger partial charge in [0.05, 0.1) is 6.20 Å². The molecule has 0 spiro atoms. The number of nitrogens with one attached hydrogen (secondary N) is 1. The fraction of sp³-hybridized carbons (Fsp3) is 0.0870. The molecule has 0 fully saturated rings. The fourth-order valence-corrected chi connectivity index (χ4v) is 3.97. The van der Waals surface area contributed by atoms with E-state index in [1.165, 1.54) is 27.5 Å². The van der Waals surface area contributed by atoms with Crippen molar-refractivity contribution >= 4 is 27.7 Å². The van der Waals surface area contributed by atoms with Crippen molar-refractivity contribution in [3.05, 3.63) is 89.0 Å². The zero-order valence-corrected chi connectivity index (χ0v) is 16.7. The number of aryl methyl sites for hydroxylation is 2. The van der Waals surface area contributed by atoms with Gasteiger partial charge < -0.3 is 4.98 Å². The van der Waals surface area contributed by atoms with Crippen LogP contribution in [0.3, 0.4) is 0 Å². The first kappa shape index (κ1) is 18.4. The van der Waals surface area contributed by atoms with E-state index in [1.807, 2.05) is 24.4 Å². The zero-order valence-electron chi connectivity index (χ0n) is 16.7. The van der Waals surface area contributed by atoms with Crippen LogP contribution in [0.25, 0.3) is 38.8 Å². The van der Waals surface area contributed by atoms with E-state index in [-0.39, 0.29) is 16.9 Å². The number of aromatic nitrogens is 7. The summed E-state index contributed by atoms with van der Waals surface area (Å²) in [5.74, 6) is -0.323. The Labute approximate surface area is 180 Å².